The molecule has 0 fully saturated rings. The van der Waals surface area contributed by atoms with E-state index < -0.39 is 10.8 Å². The number of rotatable bonds is 5. The Morgan fingerprint density at radius 1 is 1.56 bits per heavy atom. The Hall–Kier alpha value is -1.50. The molecule has 0 aliphatic heterocycles. The van der Waals surface area contributed by atoms with Crippen molar-refractivity contribution in [3.63, 3.8) is 0 Å². The normalized spacial score (nSPS) is 14.6. The average Bonchev–Trinajstić information content (AvgIpc) is 2.67. The van der Waals surface area contributed by atoms with Gasteiger partial charge in [-0.1, -0.05) is 0 Å². The van der Waals surface area contributed by atoms with Gasteiger partial charge < -0.3 is 5.32 Å². The van der Waals surface area contributed by atoms with E-state index in [-0.39, 0.29) is 11.9 Å². The smallest absolute Gasteiger partial charge is 0.243 e. The van der Waals surface area contributed by atoms with Crippen molar-refractivity contribution in [2.75, 3.05) is 17.3 Å². The van der Waals surface area contributed by atoms with Crippen LogP contribution in [0, 0.1) is 5.82 Å². The molecule has 2 aromatic heterocycles. The minimum absolute atomic E-state index is 0.121. The first-order valence-corrected chi connectivity index (χ1v) is 7.36. The Morgan fingerprint density at radius 3 is 3.06 bits per heavy atom. The first-order valence-electron chi connectivity index (χ1n) is 5.63. The van der Waals surface area contributed by atoms with Crippen molar-refractivity contribution in [3.8, 4) is 0 Å². The molecule has 5 nitrogen and oxygen atoms in total. The number of halogens is 1. The number of hydrogen-bond donors (Lipinski definition) is 1. The van der Waals surface area contributed by atoms with Gasteiger partial charge in [0.2, 0.25) is 5.95 Å². The van der Waals surface area contributed by atoms with Crippen LogP contribution in [0.3, 0.4) is 0 Å². The lowest BCUT2D eigenvalue weighted by Gasteiger charge is -2.10. The topological polar surface area (TPSA) is 59.3 Å². The molecular formula is C11H15FN4OS. The summed E-state index contributed by atoms with van der Waals surface area (Å²) in [4.78, 5) is 4.22. The molecule has 1 N–H and O–H groups in total. The van der Waals surface area contributed by atoms with E-state index >= 15 is 0 Å². The lowest BCUT2D eigenvalue weighted by Crippen LogP contribution is -2.18. The number of nitrogens with one attached hydrogen (secondary N) is 1. The second-order valence-electron chi connectivity index (χ2n) is 4.20. The van der Waals surface area contributed by atoms with Crippen molar-refractivity contribution in [1.82, 2.24) is 14.6 Å². The SMILES string of the molecule is CC(CCS(C)=O)Nc1nc2ccc(F)cn2n1. The minimum Gasteiger partial charge on any atom is -0.350 e. The van der Waals surface area contributed by atoms with Gasteiger partial charge in [0.15, 0.2) is 5.65 Å². The van der Waals surface area contributed by atoms with Gasteiger partial charge in [-0.2, -0.15) is 4.98 Å². The molecular weight excluding hydrogens is 255 g/mol. The van der Waals surface area contributed by atoms with Crippen molar-refractivity contribution >= 4 is 22.4 Å². The summed E-state index contributed by atoms with van der Waals surface area (Å²) >= 11 is 0. The molecule has 98 valence electrons. The summed E-state index contributed by atoms with van der Waals surface area (Å²) < 4.78 is 25.4. The van der Waals surface area contributed by atoms with Crippen LogP contribution < -0.4 is 5.32 Å². The summed E-state index contributed by atoms with van der Waals surface area (Å²) in [6, 6.07) is 3.03. The van der Waals surface area contributed by atoms with E-state index in [9.17, 15) is 8.60 Å². The molecule has 0 radical (unpaired) electrons. The zero-order valence-electron chi connectivity index (χ0n) is 10.3. The van der Waals surface area contributed by atoms with Crippen LogP contribution in [0.4, 0.5) is 10.3 Å². The molecule has 2 rings (SSSR count). The third kappa shape index (κ3) is 3.25. The summed E-state index contributed by atoms with van der Waals surface area (Å²) in [5.41, 5.74) is 0.588. The number of aromatic nitrogens is 3. The van der Waals surface area contributed by atoms with E-state index in [0.717, 1.165) is 6.42 Å². The molecule has 0 aliphatic rings. The Bertz CT molecular complexity index is 571. The molecule has 0 bridgehead atoms. The second kappa shape index (κ2) is 5.43. The second-order valence-corrected chi connectivity index (χ2v) is 5.75. The molecule has 0 spiro atoms. The van der Waals surface area contributed by atoms with Crippen LogP contribution in [0.25, 0.3) is 5.65 Å². The predicted molar refractivity (Wildman–Crippen MR) is 69.6 cm³/mol. The van der Waals surface area contributed by atoms with Gasteiger partial charge in [-0.05, 0) is 25.5 Å². The van der Waals surface area contributed by atoms with Gasteiger partial charge in [-0.15, -0.1) is 5.10 Å². The Labute approximate surface area is 107 Å². The molecule has 2 unspecified atom stereocenters. The standard InChI is InChI=1S/C11H15FN4OS/c1-8(5-6-18(2)17)13-11-14-10-4-3-9(12)7-16(10)15-11/h3-4,7-8H,5-6H2,1-2H3,(H,13,15). The number of fused-ring (bicyclic) bond motifs is 1. The fraction of sp³-hybridized carbons (Fsp3) is 0.455. The molecule has 0 saturated heterocycles. The maximum atomic E-state index is 13.0. The fourth-order valence-corrected chi connectivity index (χ4v) is 2.24. The lowest BCUT2D eigenvalue weighted by atomic mass is 10.3. The molecule has 2 aromatic rings. The van der Waals surface area contributed by atoms with Gasteiger partial charge in [-0.25, -0.2) is 8.91 Å². The number of anilines is 1. The Kier molecular flexibility index (Phi) is 3.90. The highest BCUT2D eigenvalue weighted by Crippen LogP contribution is 2.08. The van der Waals surface area contributed by atoms with Crippen LogP contribution in [-0.4, -0.2) is 36.9 Å². The Morgan fingerprint density at radius 2 is 2.33 bits per heavy atom. The van der Waals surface area contributed by atoms with Gasteiger partial charge >= 0.3 is 0 Å². The minimum atomic E-state index is -0.798. The third-order valence-electron chi connectivity index (χ3n) is 2.51. The molecule has 7 heteroatoms. The lowest BCUT2D eigenvalue weighted by molar-refractivity contribution is 0.614. The van der Waals surface area contributed by atoms with Crippen molar-refractivity contribution < 1.29 is 8.60 Å². The van der Waals surface area contributed by atoms with Crippen LogP contribution in [0.1, 0.15) is 13.3 Å². The van der Waals surface area contributed by atoms with Gasteiger partial charge in [0, 0.05) is 28.9 Å². The molecule has 2 heterocycles. The number of nitrogens with zero attached hydrogens (tertiary/aromatic N) is 3. The zero-order valence-corrected chi connectivity index (χ0v) is 11.1. The van der Waals surface area contributed by atoms with Crippen LogP contribution in [-0.2, 0) is 10.8 Å². The van der Waals surface area contributed by atoms with Crippen molar-refractivity contribution in [2.24, 2.45) is 0 Å². The molecule has 18 heavy (non-hydrogen) atoms. The highest BCUT2D eigenvalue weighted by molar-refractivity contribution is 7.84. The molecule has 0 saturated carbocycles. The van der Waals surface area contributed by atoms with Crippen molar-refractivity contribution in [1.29, 1.82) is 0 Å². The first-order chi connectivity index (χ1) is 8.54. The third-order valence-corrected chi connectivity index (χ3v) is 3.32. The van der Waals surface area contributed by atoms with Crippen LogP contribution >= 0.6 is 0 Å². The van der Waals surface area contributed by atoms with Crippen molar-refractivity contribution in [3.05, 3.63) is 24.1 Å². The van der Waals surface area contributed by atoms with Crippen LogP contribution in [0.2, 0.25) is 0 Å². The summed E-state index contributed by atoms with van der Waals surface area (Å²) in [6.45, 7) is 1.97. The zero-order chi connectivity index (χ0) is 13.1. The maximum Gasteiger partial charge on any atom is 0.243 e. The largest absolute Gasteiger partial charge is 0.350 e. The number of hydrogen-bond acceptors (Lipinski definition) is 4. The monoisotopic (exact) mass is 270 g/mol. The average molecular weight is 270 g/mol. The quantitative estimate of drug-likeness (QED) is 0.893. The van der Waals surface area contributed by atoms with E-state index in [1.54, 1.807) is 12.3 Å². The highest BCUT2D eigenvalue weighted by Gasteiger charge is 2.08. The molecule has 0 aliphatic carbocycles. The van der Waals surface area contributed by atoms with Gasteiger partial charge in [0.05, 0.1) is 6.20 Å². The fourth-order valence-electron chi connectivity index (χ4n) is 1.55. The molecule has 2 atom stereocenters. The van der Waals surface area contributed by atoms with E-state index in [2.05, 4.69) is 15.4 Å². The van der Waals surface area contributed by atoms with Gasteiger partial charge in [-0.3, -0.25) is 4.21 Å². The summed E-state index contributed by atoms with van der Waals surface area (Å²) in [7, 11) is -0.798. The Balaban J connectivity index is 2.05. The summed E-state index contributed by atoms with van der Waals surface area (Å²) in [5, 5.41) is 7.23. The molecule has 0 amide bonds. The number of pyridine rings is 1. The predicted octanol–water partition coefficient (Wildman–Crippen LogP) is 1.44. The van der Waals surface area contributed by atoms with Crippen LogP contribution in [0.5, 0.6) is 0 Å². The van der Waals surface area contributed by atoms with E-state index in [1.807, 2.05) is 6.92 Å². The van der Waals surface area contributed by atoms with Gasteiger partial charge in [0.25, 0.3) is 0 Å². The van der Waals surface area contributed by atoms with E-state index in [1.165, 1.54) is 16.8 Å². The highest BCUT2D eigenvalue weighted by atomic mass is 32.2. The summed E-state index contributed by atoms with van der Waals surface area (Å²) in [6.07, 6.45) is 3.73. The first kappa shape index (κ1) is 12.9. The van der Waals surface area contributed by atoms with Crippen LogP contribution in [0.15, 0.2) is 18.3 Å². The van der Waals surface area contributed by atoms with E-state index in [0.29, 0.717) is 17.3 Å². The van der Waals surface area contributed by atoms with E-state index in [4.69, 9.17) is 0 Å². The molecule has 0 aromatic carbocycles. The van der Waals surface area contributed by atoms with Crippen molar-refractivity contribution in [2.45, 2.75) is 19.4 Å². The summed E-state index contributed by atoms with van der Waals surface area (Å²) in [5.74, 6) is 0.735. The maximum absolute atomic E-state index is 13.0. The van der Waals surface area contributed by atoms with Gasteiger partial charge in [0.1, 0.15) is 5.82 Å².